The van der Waals surface area contributed by atoms with Crippen molar-refractivity contribution in [2.75, 3.05) is 11.9 Å². The van der Waals surface area contributed by atoms with Gasteiger partial charge in [0.2, 0.25) is 0 Å². The van der Waals surface area contributed by atoms with Crippen LogP contribution in [0.1, 0.15) is 51.3 Å². The van der Waals surface area contributed by atoms with E-state index in [9.17, 15) is 0 Å². The topological polar surface area (TPSA) is 55.6 Å². The van der Waals surface area contributed by atoms with Gasteiger partial charge in [-0.15, -0.1) is 0 Å². The second-order valence-corrected chi connectivity index (χ2v) is 6.76. The van der Waals surface area contributed by atoms with Crippen LogP contribution < -0.4 is 5.32 Å². The van der Waals surface area contributed by atoms with E-state index >= 15 is 0 Å². The van der Waals surface area contributed by atoms with Crippen LogP contribution >= 0.6 is 22.6 Å². The molecule has 0 aliphatic heterocycles. The number of hydrogen-bond acceptors (Lipinski definition) is 4. The first-order valence-electron chi connectivity index (χ1n) is 7.45. The van der Waals surface area contributed by atoms with Gasteiger partial charge in [-0.3, -0.25) is 0 Å². The first-order valence-corrected chi connectivity index (χ1v) is 8.53. The highest BCUT2D eigenvalue weighted by molar-refractivity contribution is 14.1. The molecule has 6 heteroatoms. The van der Waals surface area contributed by atoms with Gasteiger partial charge < -0.3 is 9.88 Å². The summed E-state index contributed by atoms with van der Waals surface area (Å²) in [5, 5.41) is 3.36. The lowest BCUT2D eigenvalue weighted by atomic mass is 10.2. The van der Waals surface area contributed by atoms with Crippen LogP contribution in [0.15, 0.2) is 12.5 Å². The van der Waals surface area contributed by atoms with E-state index in [4.69, 9.17) is 9.97 Å². The van der Waals surface area contributed by atoms with E-state index in [0.29, 0.717) is 12.0 Å². The van der Waals surface area contributed by atoms with Crippen LogP contribution in [0.2, 0.25) is 0 Å². The zero-order chi connectivity index (χ0) is 15.0. The van der Waals surface area contributed by atoms with Gasteiger partial charge in [0.05, 0.1) is 21.8 Å². The number of imidazole rings is 1. The molecule has 1 saturated carbocycles. The molecule has 2 heterocycles. The zero-order valence-corrected chi connectivity index (χ0v) is 14.8. The minimum absolute atomic E-state index is 0.345. The van der Waals surface area contributed by atoms with Gasteiger partial charge in [0.1, 0.15) is 11.5 Å². The maximum atomic E-state index is 4.84. The number of nitrogens with zero attached hydrogens (tertiary/aromatic N) is 4. The standard InChI is InChI=1S/C15H20IN5/c1-4-18-15-12(16)13(10-5-6-10)19-14(20-15)11-7-17-8-21(11)9(2)3/h7-10H,4-6H2,1-3H3,(H,18,19,20). The molecule has 112 valence electrons. The average Bonchev–Trinajstić information content (AvgIpc) is 3.17. The molecule has 21 heavy (non-hydrogen) atoms. The predicted octanol–water partition coefficient (Wildman–Crippen LogP) is 3.83. The lowest BCUT2D eigenvalue weighted by Gasteiger charge is -2.14. The van der Waals surface area contributed by atoms with Crippen LogP contribution in [0.25, 0.3) is 11.5 Å². The quantitative estimate of drug-likeness (QED) is 0.780. The number of aromatic nitrogens is 4. The number of rotatable bonds is 5. The van der Waals surface area contributed by atoms with Crippen LogP contribution in [0.5, 0.6) is 0 Å². The second kappa shape index (κ2) is 5.90. The van der Waals surface area contributed by atoms with Crippen molar-refractivity contribution in [2.45, 2.75) is 45.6 Å². The number of nitrogens with one attached hydrogen (secondary N) is 1. The van der Waals surface area contributed by atoms with Crippen molar-refractivity contribution in [3.05, 3.63) is 21.8 Å². The van der Waals surface area contributed by atoms with Gasteiger partial charge in [0.15, 0.2) is 5.82 Å². The molecule has 0 saturated heterocycles. The van der Waals surface area contributed by atoms with Crippen LogP contribution in [-0.2, 0) is 0 Å². The fourth-order valence-electron chi connectivity index (χ4n) is 2.38. The van der Waals surface area contributed by atoms with Crippen molar-refractivity contribution in [1.29, 1.82) is 0 Å². The van der Waals surface area contributed by atoms with Crippen molar-refractivity contribution in [2.24, 2.45) is 0 Å². The molecule has 1 aliphatic rings. The lowest BCUT2D eigenvalue weighted by Crippen LogP contribution is -2.10. The molecule has 0 radical (unpaired) electrons. The fraction of sp³-hybridized carbons (Fsp3) is 0.533. The molecule has 0 atom stereocenters. The highest BCUT2D eigenvalue weighted by Crippen LogP contribution is 2.43. The summed E-state index contributed by atoms with van der Waals surface area (Å²) in [6, 6.07) is 0.345. The van der Waals surface area contributed by atoms with Crippen molar-refractivity contribution >= 4 is 28.4 Å². The molecule has 2 aromatic heterocycles. The summed E-state index contributed by atoms with van der Waals surface area (Å²) < 4.78 is 3.28. The van der Waals surface area contributed by atoms with Gasteiger partial charge in [-0.2, -0.15) is 0 Å². The van der Waals surface area contributed by atoms with E-state index in [0.717, 1.165) is 27.5 Å². The monoisotopic (exact) mass is 397 g/mol. The number of anilines is 1. The Kier molecular flexibility index (Phi) is 4.14. The van der Waals surface area contributed by atoms with Gasteiger partial charge in [0, 0.05) is 18.5 Å². The smallest absolute Gasteiger partial charge is 0.180 e. The van der Waals surface area contributed by atoms with Gasteiger partial charge in [-0.05, 0) is 56.2 Å². The molecule has 3 rings (SSSR count). The Morgan fingerprint density at radius 3 is 2.76 bits per heavy atom. The third-order valence-corrected chi connectivity index (χ3v) is 4.70. The molecule has 1 N–H and O–H groups in total. The van der Waals surface area contributed by atoms with Crippen LogP contribution in [0, 0.1) is 3.57 Å². The number of halogens is 1. The minimum Gasteiger partial charge on any atom is -0.369 e. The molecule has 0 spiro atoms. The third-order valence-electron chi connectivity index (χ3n) is 3.64. The molecular formula is C15H20IN5. The van der Waals surface area contributed by atoms with E-state index in [1.807, 2.05) is 12.5 Å². The van der Waals surface area contributed by atoms with Crippen molar-refractivity contribution in [3.63, 3.8) is 0 Å². The van der Waals surface area contributed by atoms with E-state index in [1.165, 1.54) is 18.5 Å². The van der Waals surface area contributed by atoms with Gasteiger partial charge in [-0.1, -0.05) is 0 Å². The predicted molar refractivity (Wildman–Crippen MR) is 92.5 cm³/mol. The van der Waals surface area contributed by atoms with E-state index < -0.39 is 0 Å². The Bertz CT molecular complexity index is 646. The Labute approximate surface area is 138 Å². The SMILES string of the molecule is CCNc1nc(-c2cncn2C(C)C)nc(C2CC2)c1I. The maximum absolute atomic E-state index is 4.84. The molecule has 0 unspecified atom stereocenters. The Hall–Kier alpha value is -1.18. The molecular weight excluding hydrogens is 377 g/mol. The Morgan fingerprint density at radius 2 is 2.14 bits per heavy atom. The van der Waals surface area contributed by atoms with Gasteiger partial charge in [-0.25, -0.2) is 15.0 Å². The highest BCUT2D eigenvalue weighted by atomic mass is 127. The summed E-state index contributed by atoms with van der Waals surface area (Å²) in [7, 11) is 0. The summed E-state index contributed by atoms with van der Waals surface area (Å²) in [5.74, 6) is 2.33. The first-order chi connectivity index (χ1) is 10.1. The molecule has 1 fully saturated rings. The normalized spacial score (nSPS) is 14.7. The maximum Gasteiger partial charge on any atom is 0.180 e. The summed E-state index contributed by atoms with van der Waals surface area (Å²) >= 11 is 2.37. The largest absolute Gasteiger partial charge is 0.369 e. The summed E-state index contributed by atoms with van der Waals surface area (Å²) in [6.45, 7) is 7.24. The zero-order valence-electron chi connectivity index (χ0n) is 12.6. The van der Waals surface area contributed by atoms with E-state index in [1.54, 1.807) is 0 Å². The van der Waals surface area contributed by atoms with Crippen LogP contribution in [0.4, 0.5) is 5.82 Å². The Balaban J connectivity index is 2.11. The summed E-state index contributed by atoms with van der Waals surface area (Å²) in [6.07, 6.45) is 6.18. The van der Waals surface area contributed by atoms with Crippen LogP contribution in [0.3, 0.4) is 0 Å². The highest BCUT2D eigenvalue weighted by Gasteiger charge is 2.30. The fourth-order valence-corrected chi connectivity index (χ4v) is 3.25. The first kappa shape index (κ1) is 14.7. The summed E-state index contributed by atoms with van der Waals surface area (Å²) in [4.78, 5) is 13.8. The van der Waals surface area contributed by atoms with Gasteiger partial charge in [0.25, 0.3) is 0 Å². The molecule has 0 bridgehead atoms. The molecule has 0 amide bonds. The average molecular weight is 397 g/mol. The second-order valence-electron chi connectivity index (χ2n) is 5.68. The van der Waals surface area contributed by atoms with E-state index in [-0.39, 0.29) is 0 Å². The molecule has 5 nitrogen and oxygen atoms in total. The van der Waals surface area contributed by atoms with E-state index in [2.05, 4.69) is 58.2 Å². The number of hydrogen-bond donors (Lipinski definition) is 1. The third kappa shape index (κ3) is 2.90. The minimum atomic E-state index is 0.345. The molecule has 2 aromatic rings. The van der Waals surface area contributed by atoms with Crippen LogP contribution in [-0.4, -0.2) is 26.1 Å². The Morgan fingerprint density at radius 1 is 1.38 bits per heavy atom. The molecule has 0 aromatic carbocycles. The summed E-state index contributed by atoms with van der Waals surface area (Å²) in [5.41, 5.74) is 2.18. The molecule has 1 aliphatic carbocycles. The van der Waals surface area contributed by atoms with Gasteiger partial charge >= 0.3 is 0 Å². The van der Waals surface area contributed by atoms with Crippen molar-refractivity contribution in [3.8, 4) is 11.5 Å². The lowest BCUT2D eigenvalue weighted by molar-refractivity contribution is 0.603. The van der Waals surface area contributed by atoms with Crippen molar-refractivity contribution < 1.29 is 0 Å². The van der Waals surface area contributed by atoms with Crippen molar-refractivity contribution in [1.82, 2.24) is 19.5 Å².